The van der Waals surface area contributed by atoms with Gasteiger partial charge >= 0.3 is 0 Å². The first kappa shape index (κ1) is 21.9. The number of methoxy groups -OCH3 is 1. The van der Waals surface area contributed by atoms with Gasteiger partial charge < -0.3 is 20.4 Å². The quantitative estimate of drug-likeness (QED) is 0.659. The Balaban J connectivity index is 1.70. The summed E-state index contributed by atoms with van der Waals surface area (Å²) in [6.45, 7) is 4.21. The lowest BCUT2D eigenvalue weighted by Gasteiger charge is -2.24. The molecular weight excluding hydrogens is 405 g/mol. The van der Waals surface area contributed by atoms with Gasteiger partial charge in [-0.15, -0.1) is 0 Å². The molecule has 0 fully saturated rings. The number of carbonyl (C=O) groups is 1. The average Bonchev–Trinajstić information content (AvgIpc) is 3.01. The van der Waals surface area contributed by atoms with E-state index in [9.17, 15) is 9.18 Å². The Labute approximate surface area is 179 Å². The second-order valence-electron chi connectivity index (χ2n) is 6.83. The minimum Gasteiger partial charge on any atom is -0.496 e. The lowest BCUT2D eigenvalue weighted by molar-refractivity contribution is 0.0942. The Bertz CT molecular complexity index is 986. The summed E-state index contributed by atoms with van der Waals surface area (Å²) in [6.07, 6.45) is 3.30. The minimum atomic E-state index is -0.414. The third-order valence-electron chi connectivity index (χ3n) is 4.96. The number of carbonyl (C=O) groups excluding carboxylic acids is 1. The van der Waals surface area contributed by atoms with Gasteiger partial charge in [-0.3, -0.25) is 9.79 Å². The second-order valence-corrected chi connectivity index (χ2v) is 7.97. The van der Waals surface area contributed by atoms with Crippen LogP contribution in [-0.4, -0.2) is 47.2 Å². The summed E-state index contributed by atoms with van der Waals surface area (Å²) in [5, 5.41) is 2.79. The topological polar surface area (TPSA) is 84.9 Å². The van der Waals surface area contributed by atoms with Gasteiger partial charge in [0, 0.05) is 36.3 Å². The molecule has 1 aliphatic rings. The minimum absolute atomic E-state index is 0.0404. The van der Waals surface area contributed by atoms with Crippen LogP contribution in [0.2, 0.25) is 0 Å². The van der Waals surface area contributed by atoms with E-state index in [2.05, 4.69) is 14.6 Å². The van der Waals surface area contributed by atoms with Gasteiger partial charge in [-0.05, 0) is 49.3 Å². The van der Waals surface area contributed by atoms with E-state index in [1.807, 2.05) is 24.6 Å². The molecule has 0 unspecified atom stereocenters. The highest BCUT2D eigenvalue weighted by atomic mass is 32.2. The van der Waals surface area contributed by atoms with Crippen molar-refractivity contribution in [2.24, 2.45) is 17.8 Å². The molecule has 2 aromatic rings. The highest BCUT2D eigenvalue weighted by Crippen LogP contribution is 2.29. The van der Waals surface area contributed by atoms with Gasteiger partial charge in [0.25, 0.3) is 5.91 Å². The molecule has 2 heterocycles. The number of nitrogens with two attached hydrogens (primary N) is 1. The van der Waals surface area contributed by atoms with Crippen molar-refractivity contribution < 1.29 is 13.9 Å². The predicted molar refractivity (Wildman–Crippen MR) is 117 cm³/mol. The standard InChI is InChI=1S/C21H26FN5O2S/c1-14-20(30-27-10-9-24-15(13-27)7-8-23)11-18(26(14)2)21(28)25-12-16-17(22)5-4-6-19(16)29-3/h4-8,11H,9-10,12-13,23H2,1-3H3,(H,25,28)/b8-7-. The fourth-order valence-electron chi connectivity index (χ4n) is 3.19. The van der Waals surface area contributed by atoms with E-state index in [0.29, 0.717) is 30.1 Å². The molecule has 3 rings (SSSR count). The Morgan fingerprint density at radius 3 is 3.00 bits per heavy atom. The maximum atomic E-state index is 14.1. The number of nitrogens with one attached hydrogen (secondary N) is 1. The van der Waals surface area contributed by atoms with Crippen LogP contribution in [0.4, 0.5) is 4.39 Å². The van der Waals surface area contributed by atoms with Crippen LogP contribution in [0.3, 0.4) is 0 Å². The Kier molecular flexibility index (Phi) is 7.17. The maximum Gasteiger partial charge on any atom is 0.268 e. The van der Waals surface area contributed by atoms with Crippen LogP contribution in [0.1, 0.15) is 21.7 Å². The third kappa shape index (κ3) is 4.85. The molecule has 0 aliphatic carbocycles. The summed E-state index contributed by atoms with van der Waals surface area (Å²) < 4.78 is 23.3. The summed E-state index contributed by atoms with van der Waals surface area (Å²) in [7, 11) is 3.32. The van der Waals surface area contributed by atoms with Crippen LogP contribution < -0.4 is 15.8 Å². The van der Waals surface area contributed by atoms with E-state index in [-0.39, 0.29) is 12.5 Å². The Morgan fingerprint density at radius 1 is 1.47 bits per heavy atom. The lowest BCUT2D eigenvalue weighted by Crippen LogP contribution is -2.30. The molecule has 0 bridgehead atoms. The first-order chi connectivity index (χ1) is 14.4. The van der Waals surface area contributed by atoms with Gasteiger partial charge in [0.1, 0.15) is 17.3 Å². The van der Waals surface area contributed by atoms with Gasteiger partial charge in [-0.2, -0.15) is 0 Å². The molecule has 0 radical (unpaired) electrons. The number of benzene rings is 1. The smallest absolute Gasteiger partial charge is 0.268 e. The molecule has 3 N–H and O–H groups in total. The zero-order valence-corrected chi connectivity index (χ0v) is 18.1. The van der Waals surface area contributed by atoms with Crippen LogP contribution in [0.5, 0.6) is 5.75 Å². The van der Waals surface area contributed by atoms with Crippen LogP contribution in [0.15, 0.2) is 46.4 Å². The zero-order valence-electron chi connectivity index (χ0n) is 17.3. The number of nitrogens with zero attached hydrogens (tertiary/aromatic N) is 3. The van der Waals surface area contributed by atoms with Crippen LogP contribution in [0, 0.1) is 12.7 Å². The summed E-state index contributed by atoms with van der Waals surface area (Å²) in [6, 6.07) is 6.45. The monoisotopic (exact) mass is 431 g/mol. The van der Waals surface area contributed by atoms with Gasteiger partial charge in [0.2, 0.25) is 0 Å². The van der Waals surface area contributed by atoms with Crippen molar-refractivity contribution in [3.8, 4) is 5.75 Å². The number of aromatic nitrogens is 1. The van der Waals surface area contributed by atoms with Crippen LogP contribution in [-0.2, 0) is 13.6 Å². The highest BCUT2D eigenvalue weighted by Gasteiger charge is 2.20. The highest BCUT2D eigenvalue weighted by molar-refractivity contribution is 7.97. The zero-order chi connectivity index (χ0) is 21.7. The van der Waals surface area contributed by atoms with E-state index < -0.39 is 5.82 Å². The SMILES string of the molecule is COc1cccc(F)c1CNC(=O)c1cc(SN2CCN=C(/C=C\N)C2)c(C)n1C. The largest absolute Gasteiger partial charge is 0.496 e. The first-order valence-electron chi connectivity index (χ1n) is 9.55. The normalized spacial score (nSPS) is 14.7. The Hall–Kier alpha value is -2.78. The van der Waals surface area contributed by atoms with Gasteiger partial charge in [0.15, 0.2) is 0 Å². The number of halogens is 1. The number of hydrogen-bond donors (Lipinski definition) is 2. The molecule has 0 saturated heterocycles. The molecule has 0 saturated carbocycles. The molecule has 9 heteroatoms. The summed E-state index contributed by atoms with van der Waals surface area (Å²) in [5.74, 6) is -0.281. The lowest BCUT2D eigenvalue weighted by atomic mass is 10.2. The van der Waals surface area contributed by atoms with Crippen LogP contribution >= 0.6 is 11.9 Å². The van der Waals surface area contributed by atoms with Crippen molar-refractivity contribution >= 4 is 23.6 Å². The van der Waals surface area contributed by atoms with Crippen molar-refractivity contribution in [3.05, 3.63) is 59.3 Å². The molecule has 1 aromatic carbocycles. The molecule has 0 atom stereocenters. The van der Waals surface area contributed by atoms with E-state index in [4.69, 9.17) is 10.5 Å². The molecular formula is C21H26FN5O2S. The number of aliphatic imine (C=N–C) groups is 1. The number of ether oxygens (including phenoxy) is 1. The van der Waals surface area contributed by atoms with Crippen LogP contribution in [0.25, 0.3) is 0 Å². The van der Waals surface area contributed by atoms with Crippen molar-refractivity contribution in [2.75, 3.05) is 26.7 Å². The van der Waals surface area contributed by atoms with Crippen molar-refractivity contribution in [3.63, 3.8) is 0 Å². The molecule has 7 nitrogen and oxygen atoms in total. The van der Waals surface area contributed by atoms with Crippen molar-refractivity contribution in [2.45, 2.75) is 18.4 Å². The average molecular weight is 432 g/mol. The van der Waals surface area contributed by atoms with E-state index >= 15 is 0 Å². The third-order valence-corrected chi connectivity index (χ3v) is 6.14. The first-order valence-corrected chi connectivity index (χ1v) is 10.3. The molecule has 1 aliphatic heterocycles. The fraction of sp³-hybridized carbons (Fsp3) is 0.333. The van der Waals surface area contributed by atoms with E-state index in [1.165, 1.54) is 19.4 Å². The molecule has 1 amide bonds. The number of amides is 1. The van der Waals surface area contributed by atoms with Crippen molar-refractivity contribution in [1.82, 2.24) is 14.2 Å². The predicted octanol–water partition coefficient (Wildman–Crippen LogP) is 2.65. The Morgan fingerprint density at radius 2 is 2.27 bits per heavy atom. The fourth-order valence-corrected chi connectivity index (χ4v) is 4.27. The van der Waals surface area contributed by atoms with Gasteiger partial charge in [0.05, 0.1) is 25.9 Å². The molecule has 0 spiro atoms. The van der Waals surface area contributed by atoms with Crippen molar-refractivity contribution in [1.29, 1.82) is 0 Å². The number of hydrogen-bond acceptors (Lipinski definition) is 6. The summed E-state index contributed by atoms with van der Waals surface area (Å²) >= 11 is 1.59. The number of rotatable bonds is 7. The van der Waals surface area contributed by atoms with Gasteiger partial charge in [-0.25, -0.2) is 8.70 Å². The van der Waals surface area contributed by atoms with Gasteiger partial charge in [-0.1, -0.05) is 6.07 Å². The molecule has 30 heavy (non-hydrogen) atoms. The van der Waals surface area contributed by atoms with E-state index in [1.54, 1.807) is 30.2 Å². The molecule has 1 aromatic heterocycles. The summed E-state index contributed by atoms with van der Waals surface area (Å²) in [4.78, 5) is 18.2. The molecule has 160 valence electrons. The second kappa shape index (κ2) is 9.82. The summed E-state index contributed by atoms with van der Waals surface area (Å²) in [5.41, 5.74) is 8.21. The van der Waals surface area contributed by atoms with E-state index in [0.717, 1.165) is 22.8 Å². The maximum absolute atomic E-state index is 14.1.